The molecule has 0 radical (unpaired) electrons. The number of carbonyl (C=O) groups is 1. The van der Waals surface area contributed by atoms with Gasteiger partial charge in [0.1, 0.15) is 22.9 Å². The number of nitrogens with zero attached hydrogens (tertiary/aromatic N) is 2. The largest absolute Gasteiger partial charge is 0.465 e. The highest BCUT2D eigenvalue weighted by Gasteiger charge is 2.22. The minimum absolute atomic E-state index is 0.127. The van der Waals surface area contributed by atoms with Crippen molar-refractivity contribution in [2.75, 3.05) is 19.6 Å². The lowest BCUT2D eigenvalue weighted by Gasteiger charge is -2.31. The summed E-state index contributed by atoms with van der Waals surface area (Å²) >= 11 is 0. The molecule has 0 bridgehead atoms. The van der Waals surface area contributed by atoms with Gasteiger partial charge in [-0.05, 0) is 93.7 Å². The number of nitrogens with one attached hydrogen (secondary N) is 1. The fraction of sp³-hybridized carbons (Fsp3) is 0.360. The third kappa shape index (κ3) is 4.99. The van der Waals surface area contributed by atoms with Crippen molar-refractivity contribution in [2.24, 2.45) is 5.92 Å². The summed E-state index contributed by atoms with van der Waals surface area (Å²) in [5, 5.41) is 2.96. The molecule has 2 aromatic heterocycles. The second kappa shape index (κ2) is 9.53. The molecule has 1 aliphatic heterocycles. The van der Waals surface area contributed by atoms with Crippen LogP contribution in [0.15, 0.2) is 57.9 Å². The first-order chi connectivity index (χ1) is 15.4. The van der Waals surface area contributed by atoms with Crippen molar-refractivity contribution in [2.45, 2.75) is 33.2 Å². The number of hydrogen-bond acceptors (Lipinski definition) is 4. The van der Waals surface area contributed by atoms with E-state index in [2.05, 4.69) is 10.2 Å². The number of likely N-dealkylation sites (tertiary alicyclic amines) is 1. The average molecular weight is 438 g/mol. The molecule has 1 N–H and O–H groups in total. The molecule has 0 aliphatic carbocycles. The predicted molar refractivity (Wildman–Crippen MR) is 121 cm³/mol. The number of benzene rings is 1. The molecule has 1 saturated heterocycles. The van der Waals surface area contributed by atoms with E-state index in [1.165, 1.54) is 28.8 Å². The Kier molecular flexibility index (Phi) is 6.55. The van der Waals surface area contributed by atoms with E-state index in [0.717, 1.165) is 44.0 Å². The van der Waals surface area contributed by atoms with Gasteiger partial charge < -0.3 is 9.73 Å². The lowest BCUT2D eigenvalue weighted by atomic mass is 9.96. The lowest BCUT2D eigenvalue weighted by Crippen LogP contribution is -2.40. The summed E-state index contributed by atoms with van der Waals surface area (Å²) in [5.41, 5.74) is 0.860. The Morgan fingerprint density at radius 1 is 1.09 bits per heavy atom. The third-order valence-corrected chi connectivity index (χ3v) is 6.07. The second-order valence-electron chi connectivity index (χ2n) is 8.47. The van der Waals surface area contributed by atoms with Gasteiger partial charge in [-0.3, -0.25) is 19.1 Å². The van der Waals surface area contributed by atoms with E-state index in [1.807, 2.05) is 19.1 Å². The van der Waals surface area contributed by atoms with Gasteiger partial charge >= 0.3 is 0 Å². The Balaban J connectivity index is 1.36. The third-order valence-electron chi connectivity index (χ3n) is 6.07. The maximum absolute atomic E-state index is 13.2. The number of aryl methyl sites for hydroxylation is 2. The first kappa shape index (κ1) is 22.0. The van der Waals surface area contributed by atoms with Crippen LogP contribution >= 0.6 is 0 Å². The van der Waals surface area contributed by atoms with Gasteiger partial charge in [-0.2, -0.15) is 0 Å². The SMILES string of the molecule is Cc1ccc(CN2CCC(CNC(=O)c3c(C)ccn(-c4ccc(F)cc4)c3=O)CC2)o1. The number of aromatic nitrogens is 1. The molecule has 3 aromatic rings. The van der Waals surface area contributed by atoms with Gasteiger partial charge in [0.05, 0.1) is 6.54 Å². The van der Waals surface area contributed by atoms with Crippen LogP contribution < -0.4 is 10.9 Å². The molecule has 0 spiro atoms. The van der Waals surface area contributed by atoms with Crippen LogP contribution in [0.1, 0.15) is 40.3 Å². The van der Waals surface area contributed by atoms with Gasteiger partial charge in [-0.1, -0.05) is 0 Å². The van der Waals surface area contributed by atoms with Crippen molar-refractivity contribution in [1.82, 2.24) is 14.8 Å². The van der Waals surface area contributed by atoms with Crippen LogP contribution in [-0.2, 0) is 6.54 Å². The van der Waals surface area contributed by atoms with Crippen LogP contribution in [0.25, 0.3) is 5.69 Å². The van der Waals surface area contributed by atoms with Crippen molar-refractivity contribution in [3.05, 3.63) is 87.5 Å². The standard InChI is InChI=1S/C25H28FN3O3/c1-17-9-14-29(21-6-4-20(26)5-7-21)25(31)23(17)24(30)27-15-19-10-12-28(13-11-19)16-22-8-3-18(2)32-22/h3-9,14,19H,10-13,15-16H2,1-2H3,(H,27,30). The number of carbonyl (C=O) groups excluding carboxylic acids is 1. The van der Waals surface area contributed by atoms with E-state index >= 15 is 0 Å². The molecule has 0 saturated carbocycles. The average Bonchev–Trinajstić information content (AvgIpc) is 3.19. The topological polar surface area (TPSA) is 67.5 Å². The summed E-state index contributed by atoms with van der Waals surface area (Å²) in [7, 11) is 0. The summed E-state index contributed by atoms with van der Waals surface area (Å²) in [5.74, 6) is 1.53. The Morgan fingerprint density at radius 3 is 2.47 bits per heavy atom. The molecule has 1 fully saturated rings. The summed E-state index contributed by atoms with van der Waals surface area (Å²) < 4.78 is 20.3. The van der Waals surface area contributed by atoms with Crippen molar-refractivity contribution >= 4 is 5.91 Å². The van der Waals surface area contributed by atoms with Crippen LogP contribution in [0, 0.1) is 25.6 Å². The van der Waals surface area contributed by atoms with E-state index in [0.29, 0.717) is 23.7 Å². The second-order valence-corrected chi connectivity index (χ2v) is 8.47. The highest BCUT2D eigenvalue weighted by molar-refractivity contribution is 5.95. The van der Waals surface area contributed by atoms with E-state index in [-0.39, 0.29) is 17.3 Å². The van der Waals surface area contributed by atoms with Crippen LogP contribution in [0.3, 0.4) is 0 Å². The number of amides is 1. The zero-order valence-corrected chi connectivity index (χ0v) is 18.4. The van der Waals surface area contributed by atoms with Gasteiger partial charge in [0.15, 0.2) is 0 Å². The molecule has 0 atom stereocenters. The van der Waals surface area contributed by atoms with E-state index in [4.69, 9.17) is 4.42 Å². The predicted octanol–water partition coefficient (Wildman–Crippen LogP) is 3.83. The van der Waals surface area contributed by atoms with Gasteiger partial charge in [-0.25, -0.2) is 4.39 Å². The van der Waals surface area contributed by atoms with E-state index in [1.54, 1.807) is 19.2 Å². The van der Waals surface area contributed by atoms with Crippen molar-refractivity contribution in [1.29, 1.82) is 0 Å². The molecule has 32 heavy (non-hydrogen) atoms. The molecule has 4 rings (SSSR count). The maximum atomic E-state index is 13.2. The lowest BCUT2D eigenvalue weighted by molar-refractivity contribution is 0.0931. The minimum Gasteiger partial charge on any atom is -0.465 e. The number of pyridine rings is 1. The van der Waals surface area contributed by atoms with Crippen LogP contribution in [0.2, 0.25) is 0 Å². The molecule has 1 amide bonds. The van der Waals surface area contributed by atoms with Crippen LogP contribution in [-0.4, -0.2) is 35.0 Å². The highest BCUT2D eigenvalue weighted by Crippen LogP contribution is 2.19. The maximum Gasteiger partial charge on any atom is 0.268 e. The van der Waals surface area contributed by atoms with Gasteiger partial charge in [-0.15, -0.1) is 0 Å². The molecular formula is C25H28FN3O3. The molecule has 6 nitrogen and oxygen atoms in total. The minimum atomic E-state index is -0.405. The fourth-order valence-corrected chi connectivity index (χ4v) is 4.17. The normalized spacial score (nSPS) is 15.1. The monoisotopic (exact) mass is 437 g/mol. The summed E-state index contributed by atoms with van der Waals surface area (Å²) in [6.07, 6.45) is 3.57. The molecule has 7 heteroatoms. The first-order valence-corrected chi connectivity index (χ1v) is 10.9. The number of piperidine rings is 1. The van der Waals surface area contributed by atoms with Crippen LogP contribution in [0.4, 0.5) is 4.39 Å². The molecule has 1 aromatic carbocycles. The molecule has 0 unspecified atom stereocenters. The molecule has 3 heterocycles. The fourth-order valence-electron chi connectivity index (χ4n) is 4.17. The quantitative estimate of drug-likeness (QED) is 0.637. The molecule has 1 aliphatic rings. The first-order valence-electron chi connectivity index (χ1n) is 10.9. The Morgan fingerprint density at radius 2 is 1.81 bits per heavy atom. The Bertz CT molecular complexity index is 1140. The van der Waals surface area contributed by atoms with Crippen molar-refractivity contribution in [3.63, 3.8) is 0 Å². The van der Waals surface area contributed by atoms with Crippen LogP contribution in [0.5, 0.6) is 0 Å². The van der Waals surface area contributed by atoms with Gasteiger partial charge in [0, 0.05) is 18.4 Å². The van der Waals surface area contributed by atoms with E-state index < -0.39 is 5.56 Å². The van der Waals surface area contributed by atoms with Gasteiger partial charge in [0.25, 0.3) is 11.5 Å². The zero-order valence-electron chi connectivity index (χ0n) is 18.4. The molecular weight excluding hydrogens is 409 g/mol. The van der Waals surface area contributed by atoms with Gasteiger partial charge in [0.2, 0.25) is 0 Å². The number of rotatable bonds is 6. The molecule has 168 valence electrons. The Labute approximate surface area is 186 Å². The number of halogens is 1. The summed E-state index contributed by atoms with van der Waals surface area (Å²) in [6, 6.07) is 11.4. The van der Waals surface area contributed by atoms with Crippen molar-refractivity contribution < 1.29 is 13.6 Å². The number of furan rings is 1. The zero-order chi connectivity index (χ0) is 22.7. The summed E-state index contributed by atoms with van der Waals surface area (Å²) in [6.45, 7) is 6.93. The van der Waals surface area contributed by atoms with E-state index in [9.17, 15) is 14.0 Å². The number of hydrogen-bond donors (Lipinski definition) is 1. The summed E-state index contributed by atoms with van der Waals surface area (Å²) in [4.78, 5) is 28.2. The van der Waals surface area contributed by atoms with Crippen molar-refractivity contribution in [3.8, 4) is 5.69 Å². The highest BCUT2D eigenvalue weighted by atomic mass is 19.1. The smallest absolute Gasteiger partial charge is 0.268 e. The Hall–Kier alpha value is -3.19.